The molecule has 3 nitrogen and oxygen atoms in total. The van der Waals surface area contributed by atoms with Crippen LogP contribution in [0.4, 0.5) is 0 Å². The number of sulfone groups is 1. The molecule has 2 rings (SSSR count). The fourth-order valence-corrected chi connectivity index (χ4v) is 3.99. The zero-order chi connectivity index (χ0) is 14.8. The third-order valence-electron chi connectivity index (χ3n) is 2.89. The number of hydrogen-bond donors (Lipinski definition) is 1. The van der Waals surface area contributed by atoms with Gasteiger partial charge in [-0.3, -0.25) is 0 Å². The Kier molecular flexibility index (Phi) is 5.01. The number of nitrogens with one attached hydrogen (secondary N) is 1. The van der Waals surface area contributed by atoms with Crippen molar-refractivity contribution >= 4 is 37.1 Å². The highest BCUT2D eigenvalue weighted by Gasteiger charge is 2.06. The van der Waals surface area contributed by atoms with Crippen LogP contribution in [0.25, 0.3) is 0 Å². The number of aryl methyl sites for hydroxylation is 1. The lowest BCUT2D eigenvalue weighted by Crippen LogP contribution is -2.11. The Morgan fingerprint density at radius 3 is 2.35 bits per heavy atom. The predicted octanol–water partition coefficient (Wildman–Crippen LogP) is 3.51. The third-order valence-corrected chi connectivity index (χ3v) is 6.15. The molecular weight excluding hydrogens is 358 g/mol. The first-order valence-electron chi connectivity index (χ1n) is 6.11. The highest BCUT2D eigenvalue weighted by atomic mass is 79.9. The number of rotatable bonds is 5. The monoisotopic (exact) mass is 373 g/mol. The van der Waals surface area contributed by atoms with Crippen molar-refractivity contribution in [2.45, 2.75) is 24.9 Å². The van der Waals surface area contributed by atoms with E-state index in [4.69, 9.17) is 0 Å². The lowest BCUT2D eigenvalue weighted by atomic mass is 10.2. The van der Waals surface area contributed by atoms with E-state index >= 15 is 0 Å². The Morgan fingerprint density at radius 2 is 1.85 bits per heavy atom. The second-order valence-electron chi connectivity index (χ2n) is 4.64. The van der Waals surface area contributed by atoms with Gasteiger partial charge in [0.15, 0.2) is 9.84 Å². The van der Waals surface area contributed by atoms with Crippen molar-refractivity contribution in [3.63, 3.8) is 0 Å². The zero-order valence-corrected chi connectivity index (χ0v) is 14.5. The van der Waals surface area contributed by atoms with E-state index in [1.165, 1.54) is 16.0 Å². The van der Waals surface area contributed by atoms with Crippen LogP contribution in [0.5, 0.6) is 0 Å². The summed E-state index contributed by atoms with van der Waals surface area (Å²) in [5, 5.41) is 3.36. The summed E-state index contributed by atoms with van der Waals surface area (Å²) in [6, 6.07) is 9.12. The van der Waals surface area contributed by atoms with Crippen LogP contribution in [0.3, 0.4) is 0 Å². The predicted molar refractivity (Wildman–Crippen MR) is 86.9 cm³/mol. The number of halogens is 1. The molecule has 0 fully saturated rings. The fourth-order valence-electron chi connectivity index (χ4n) is 1.79. The average molecular weight is 374 g/mol. The quantitative estimate of drug-likeness (QED) is 0.871. The standard InChI is InChI=1S/C14H16BrNO2S2/c1-10-14(15)7-12(19-10)9-16-8-11-3-5-13(6-4-11)20(2,17)18/h3-7,16H,8-9H2,1-2H3. The molecule has 108 valence electrons. The van der Waals surface area contributed by atoms with Gasteiger partial charge in [0.25, 0.3) is 0 Å². The maximum Gasteiger partial charge on any atom is 0.175 e. The normalized spacial score (nSPS) is 11.8. The molecule has 0 aliphatic rings. The second kappa shape index (κ2) is 6.39. The maximum absolute atomic E-state index is 11.4. The topological polar surface area (TPSA) is 46.2 Å². The lowest BCUT2D eigenvalue weighted by Gasteiger charge is -2.04. The molecule has 0 unspecified atom stereocenters. The van der Waals surface area contributed by atoms with Crippen LogP contribution in [0.15, 0.2) is 39.7 Å². The van der Waals surface area contributed by atoms with Crippen LogP contribution >= 0.6 is 27.3 Å². The van der Waals surface area contributed by atoms with Crippen molar-refractivity contribution in [1.29, 1.82) is 0 Å². The largest absolute Gasteiger partial charge is 0.308 e. The smallest absolute Gasteiger partial charge is 0.175 e. The second-order valence-corrected chi connectivity index (χ2v) is 8.85. The molecule has 1 N–H and O–H groups in total. The van der Waals surface area contributed by atoms with Crippen LogP contribution in [0, 0.1) is 6.92 Å². The van der Waals surface area contributed by atoms with Gasteiger partial charge in [-0.05, 0) is 46.6 Å². The minimum absolute atomic E-state index is 0.360. The van der Waals surface area contributed by atoms with Gasteiger partial charge in [-0.15, -0.1) is 11.3 Å². The SMILES string of the molecule is Cc1sc(CNCc2ccc(S(C)(=O)=O)cc2)cc1Br. The summed E-state index contributed by atoms with van der Waals surface area (Å²) < 4.78 is 23.9. The molecule has 0 amide bonds. The molecule has 0 saturated heterocycles. The van der Waals surface area contributed by atoms with E-state index in [0.717, 1.165) is 23.1 Å². The van der Waals surface area contributed by atoms with Gasteiger partial charge < -0.3 is 5.32 Å². The summed E-state index contributed by atoms with van der Waals surface area (Å²) in [5.41, 5.74) is 1.07. The van der Waals surface area contributed by atoms with E-state index in [2.05, 4.69) is 34.2 Å². The summed E-state index contributed by atoms with van der Waals surface area (Å²) in [6.07, 6.45) is 1.22. The maximum atomic E-state index is 11.4. The summed E-state index contributed by atoms with van der Waals surface area (Å²) in [5.74, 6) is 0. The first-order valence-corrected chi connectivity index (χ1v) is 9.61. The van der Waals surface area contributed by atoms with Gasteiger partial charge >= 0.3 is 0 Å². The molecule has 0 spiro atoms. The molecule has 0 bridgehead atoms. The molecule has 1 aromatic carbocycles. The van der Waals surface area contributed by atoms with Crippen LogP contribution < -0.4 is 5.32 Å². The molecule has 0 aliphatic carbocycles. The van der Waals surface area contributed by atoms with E-state index < -0.39 is 9.84 Å². The van der Waals surface area contributed by atoms with Crippen LogP contribution in [0.2, 0.25) is 0 Å². The van der Waals surface area contributed by atoms with Gasteiger partial charge in [-0.1, -0.05) is 12.1 Å². The Bertz CT molecular complexity index is 671. The molecular formula is C14H16BrNO2S2. The molecule has 2 aromatic rings. The molecule has 0 atom stereocenters. The first kappa shape index (κ1) is 15.7. The minimum Gasteiger partial charge on any atom is -0.308 e. The van der Waals surface area contributed by atoms with Crippen LogP contribution in [-0.4, -0.2) is 14.7 Å². The van der Waals surface area contributed by atoms with Crippen molar-refractivity contribution < 1.29 is 8.42 Å². The summed E-state index contributed by atoms with van der Waals surface area (Å²) in [4.78, 5) is 2.92. The van der Waals surface area contributed by atoms with Crippen molar-refractivity contribution in [3.8, 4) is 0 Å². The molecule has 0 radical (unpaired) electrons. The van der Waals surface area contributed by atoms with E-state index in [1.807, 2.05) is 12.1 Å². The van der Waals surface area contributed by atoms with Gasteiger partial charge in [-0.2, -0.15) is 0 Å². The zero-order valence-electron chi connectivity index (χ0n) is 11.3. The molecule has 20 heavy (non-hydrogen) atoms. The van der Waals surface area contributed by atoms with E-state index in [9.17, 15) is 8.42 Å². The van der Waals surface area contributed by atoms with Gasteiger partial charge in [-0.25, -0.2) is 8.42 Å². The van der Waals surface area contributed by atoms with Crippen molar-refractivity contribution in [1.82, 2.24) is 5.32 Å². The lowest BCUT2D eigenvalue weighted by molar-refractivity contribution is 0.602. The highest BCUT2D eigenvalue weighted by molar-refractivity contribution is 9.10. The minimum atomic E-state index is -3.11. The van der Waals surface area contributed by atoms with Crippen molar-refractivity contribution in [3.05, 3.63) is 50.1 Å². The van der Waals surface area contributed by atoms with Crippen LogP contribution in [-0.2, 0) is 22.9 Å². The molecule has 0 aliphatic heterocycles. The summed E-state index contributed by atoms with van der Waals surface area (Å²) in [6.45, 7) is 3.62. The third kappa shape index (κ3) is 4.15. The van der Waals surface area contributed by atoms with Crippen LogP contribution in [0.1, 0.15) is 15.3 Å². The van der Waals surface area contributed by atoms with Gasteiger partial charge in [0.1, 0.15) is 0 Å². The number of hydrogen-bond acceptors (Lipinski definition) is 4. The highest BCUT2D eigenvalue weighted by Crippen LogP contribution is 2.26. The van der Waals surface area contributed by atoms with Gasteiger partial charge in [0, 0.05) is 33.6 Å². The van der Waals surface area contributed by atoms with Gasteiger partial charge in [0.2, 0.25) is 0 Å². The van der Waals surface area contributed by atoms with Crippen molar-refractivity contribution in [2.24, 2.45) is 0 Å². The Labute approximate surface area is 132 Å². The number of benzene rings is 1. The fraction of sp³-hybridized carbons (Fsp3) is 0.286. The Balaban J connectivity index is 1.91. The number of thiophene rings is 1. The molecule has 6 heteroatoms. The van der Waals surface area contributed by atoms with Gasteiger partial charge in [0.05, 0.1) is 4.90 Å². The average Bonchev–Trinajstić information content (AvgIpc) is 2.68. The Morgan fingerprint density at radius 1 is 1.20 bits per heavy atom. The van der Waals surface area contributed by atoms with E-state index in [0.29, 0.717) is 4.90 Å². The van der Waals surface area contributed by atoms with Crippen molar-refractivity contribution in [2.75, 3.05) is 6.26 Å². The first-order chi connectivity index (χ1) is 9.36. The summed E-state index contributed by atoms with van der Waals surface area (Å²) >= 11 is 5.27. The van der Waals surface area contributed by atoms with E-state index in [1.54, 1.807) is 23.5 Å². The molecule has 1 aromatic heterocycles. The van der Waals surface area contributed by atoms with E-state index in [-0.39, 0.29) is 0 Å². The summed E-state index contributed by atoms with van der Waals surface area (Å²) in [7, 11) is -3.11. The molecule has 0 saturated carbocycles. The Hall–Kier alpha value is -0.690. The molecule has 1 heterocycles.